The van der Waals surface area contributed by atoms with Gasteiger partial charge in [0.25, 0.3) is 0 Å². The van der Waals surface area contributed by atoms with Crippen LogP contribution in [0.4, 0.5) is 5.82 Å². The van der Waals surface area contributed by atoms with Crippen LogP contribution in [0.3, 0.4) is 0 Å². The molecule has 0 saturated carbocycles. The average molecular weight is 234 g/mol. The van der Waals surface area contributed by atoms with Crippen LogP contribution in [-0.2, 0) is 6.54 Å². The Kier molecular flexibility index (Phi) is 4.31. The van der Waals surface area contributed by atoms with Crippen LogP contribution in [-0.4, -0.2) is 29.8 Å². The number of anilines is 1. The zero-order valence-electron chi connectivity index (χ0n) is 10.8. The zero-order valence-corrected chi connectivity index (χ0v) is 10.8. The summed E-state index contributed by atoms with van der Waals surface area (Å²) in [6, 6.07) is 4.17. The van der Waals surface area contributed by atoms with Crippen molar-refractivity contribution in [2.45, 2.75) is 33.2 Å². The summed E-state index contributed by atoms with van der Waals surface area (Å²) in [6.45, 7) is 8.40. The summed E-state index contributed by atoms with van der Waals surface area (Å²) in [6.07, 6.45) is 2.60. The predicted octanol–water partition coefficient (Wildman–Crippen LogP) is 1.82. The van der Waals surface area contributed by atoms with E-state index in [4.69, 9.17) is 0 Å². The molecular formula is C13H22N4. The molecule has 17 heavy (non-hydrogen) atoms. The Balaban J connectivity index is 1.96. The van der Waals surface area contributed by atoms with E-state index in [0.29, 0.717) is 0 Å². The molecule has 0 aliphatic carbocycles. The summed E-state index contributed by atoms with van der Waals surface area (Å²) in [5.41, 5.74) is 1.01. The van der Waals surface area contributed by atoms with Gasteiger partial charge >= 0.3 is 0 Å². The highest BCUT2D eigenvalue weighted by Gasteiger charge is 2.17. The number of rotatable bonds is 4. The second-order valence-electron chi connectivity index (χ2n) is 4.86. The Labute approximate surface area is 103 Å². The zero-order chi connectivity index (χ0) is 12.1. The molecule has 4 heteroatoms. The van der Waals surface area contributed by atoms with Gasteiger partial charge in [0.15, 0.2) is 5.82 Å². The molecule has 94 valence electrons. The molecule has 1 N–H and O–H groups in total. The maximum atomic E-state index is 4.33. The molecule has 1 aliphatic heterocycles. The highest BCUT2D eigenvalue weighted by molar-refractivity contribution is 5.37. The van der Waals surface area contributed by atoms with Crippen LogP contribution in [0.2, 0.25) is 0 Å². The van der Waals surface area contributed by atoms with Gasteiger partial charge in [0.05, 0.1) is 5.69 Å². The van der Waals surface area contributed by atoms with Crippen LogP contribution >= 0.6 is 0 Å². The van der Waals surface area contributed by atoms with E-state index in [1.54, 1.807) is 0 Å². The molecule has 1 atom stereocenters. The molecule has 0 amide bonds. The molecule has 0 spiro atoms. The van der Waals surface area contributed by atoms with Gasteiger partial charge in [0, 0.05) is 19.6 Å². The molecule has 4 nitrogen and oxygen atoms in total. The van der Waals surface area contributed by atoms with Crippen molar-refractivity contribution in [1.82, 2.24) is 15.5 Å². The van der Waals surface area contributed by atoms with Crippen molar-refractivity contribution < 1.29 is 0 Å². The van der Waals surface area contributed by atoms with Crippen molar-refractivity contribution in [1.29, 1.82) is 0 Å². The number of hydrogen-bond donors (Lipinski definition) is 1. The predicted molar refractivity (Wildman–Crippen MR) is 70.0 cm³/mol. The largest absolute Gasteiger partial charge is 0.355 e. The van der Waals surface area contributed by atoms with E-state index in [9.17, 15) is 0 Å². The average Bonchev–Trinajstić information content (AvgIpc) is 2.37. The summed E-state index contributed by atoms with van der Waals surface area (Å²) in [7, 11) is 0. The van der Waals surface area contributed by atoms with E-state index in [1.165, 1.54) is 12.8 Å². The third-order valence-corrected chi connectivity index (χ3v) is 3.24. The molecule has 2 heterocycles. The van der Waals surface area contributed by atoms with Gasteiger partial charge in [-0.1, -0.05) is 13.8 Å². The van der Waals surface area contributed by atoms with Crippen molar-refractivity contribution in [3.8, 4) is 0 Å². The molecular weight excluding hydrogens is 212 g/mol. The van der Waals surface area contributed by atoms with Crippen LogP contribution in [0.1, 0.15) is 32.4 Å². The maximum Gasteiger partial charge on any atom is 0.151 e. The Hall–Kier alpha value is -1.16. The fourth-order valence-electron chi connectivity index (χ4n) is 2.27. The summed E-state index contributed by atoms with van der Waals surface area (Å²) >= 11 is 0. The number of piperidine rings is 1. The molecule has 2 rings (SSSR count). The van der Waals surface area contributed by atoms with Crippen LogP contribution in [0.5, 0.6) is 0 Å². The standard InChI is InChI=1S/C13H22N4/c1-3-14-9-12-6-7-13(16-15-12)17-8-4-5-11(2)10-17/h6-7,11,14H,3-5,8-10H2,1-2H3. The van der Waals surface area contributed by atoms with Gasteiger partial charge in [0.2, 0.25) is 0 Å². The van der Waals surface area contributed by atoms with Gasteiger partial charge in [-0.25, -0.2) is 0 Å². The quantitative estimate of drug-likeness (QED) is 0.863. The van der Waals surface area contributed by atoms with Crippen molar-refractivity contribution >= 4 is 5.82 Å². The lowest BCUT2D eigenvalue weighted by Gasteiger charge is -2.31. The second-order valence-corrected chi connectivity index (χ2v) is 4.86. The van der Waals surface area contributed by atoms with Crippen LogP contribution in [0, 0.1) is 5.92 Å². The fraction of sp³-hybridized carbons (Fsp3) is 0.692. The smallest absolute Gasteiger partial charge is 0.151 e. The van der Waals surface area contributed by atoms with Gasteiger partial charge in [-0.2, -0.15) is 5.10 Å². The van der Waals surface area contributed by atoms with Crippen LogP contribution < -0.4 is 10.2 Å². The number of aromatic nitrogens is 2. The summed E-state index contributed by atoms with van der Waals surface area (Å²) in [5.74, 6) is 1.80. The molecule has 1 aromatic heterocycles. The topological polar surface area (TPSA) is 41.0 Å². The van der Waals surface area contributed by atoms with E-state index in [1.807, 2.05) is 0 Å². The minimum Gasteiger partial charge on any atom is -0.355 e. The molecule has 1 aliphatic rings. The number of hydrogen-bond acceptors (Lipinski definition) is 4. The van der Waals surface area contributed by atoms with Crippen LogP contribution in [0.15, 0.2) is 12.1 Å². The molecule has 0 bridgehead atoms. The third kappa shape index (κ3) is 3.40. The second kappa shape index (κ2) is 5.96. The van der Waals surface area contributed by atoms with E-state index >= 15 is 0 Å². The lowest BCUT2D eigenvalue weighted by atomic mass is 10.0. The lowest BCUT2D eigenvalue weighted by molar-refractivity contribution is 0.443. The molecule has 1 unspecified atom stereocenters. The molecule has 1 aromatic rings. The van der Waals surface area contributed by atoms with E-state index in [0.717, 1.165) is 43.6 Å². The highest BCUT2D eigenvalue weighted by Crippen LogP contribution is 2.20. The van der Waals surface area contributed by atoms with Crippen molar-refractivity contribution in [2.75, 3.05) is 24.5 Å². The number of nitrogens with zero attached hydrogens (tertiary/aromatic N) is 3. The van der Waals surface area contributed by atoms with Gasteiger partial charge in [0.1, 0.15) is 0 Å². The third-order valence-electron chi connectivity index (χ3n) is 3.24. The molecule has 1 saturated heterocycles. The Morgan fingerprint density at radius 2 is 2.29 bits per heavy atom. The van der Waals surface area contributed by atoms with Crippen molar-refractivity contribution in [3.05, 3.63) is 17.8 Å². The summed E-state index contributed by atoms with van der Waals surface area (Å²) < 4.78 is 0. The van der Waals surface area contributed by atoms with Crippen molar-refractivity contribution in [2.24, 2.45) is 5.92 Å². The molecule has 1 fully saturated rings. The first kappa shape index (κ1) is 12.3. The fourth-order valence-corrected chi connectivity index (χ4v) is 2.27. The SMILES string of the molecule is CCNCc1ccc(N2CCCC(C)C2)nn1. The van der Waals surface area contributed by atoms with E-state index in [-0.39, 0.29) is 0 Å². The van der Waals surface area contributed by atoms with Gasteiger partial charge in [-0.3, -0.25) is 0 Å². The molecule has 0 aromatic carbocycles. The van der Waals surface area contributed by atoms with E-state index in [2.05, 4.69) is 46.4 Å². The lowest BCUT2D eigenvalue weighted by Crippen LogP contribution is -2.35. The number of nitrogens with one attached hydrogen (secondary N) is 1. The van der Waals surface area contributed by atoms with Gasteiger partial charge in [-0.05, 0) is 37.4 Å². The maximum absolute atomic E-state index is 4.33. The monoisotopic (exact) mass is 234 g/mol. The first-order valence-corrected chi connectivity index (χ1v) is 6.58. The van der Waals surface area contributed by atoms with Gasteiger partial charge in [-0.15, -0.1) is 5.10 Å². The normalized spacial score (nSPS) is 20.6. The Morgan fingerprint density at radius 3 is 2.94 bits per heavy atom. The minimum absolute atomic E-state index is 0.770. The van der Waals surface area contributed by atoms with Gasteiger partial charge < -0.3 is 10.2 Å². The van der Waals surface area contributed by atoms with Crippen molar-refractivity contribution in [3.63, 3.8) is 0 Å². The Morgan fingerprint density at radius 1 is 1.41 bits per heavy atom. The highest BCUT2D eigenvalue weighted by atomic mass is 15.3. The van der Waals surface area contributed by atoms with E-state index < -0.39 is 0 Å². The first-order chi connectivity index (χ1) is 8.29. The summed E-state index contributed by atoms with van der Waals surface area (Å²) in [4.78, 5) is 2.35. The first-order valence-electron chi connectivity index (χ1n) is 6.58. The molecule has 0 radical (unpaired) electrons. The summed E-state index contributed by atoms with van der Waals surface area (Å²) in [5, 5.41) is 11.8. The van der Waals surface area contributed by atoms with Crippen LogP contribution in [0.25, 0.3) is 0 Å². The minimum atomic E-state index is 0.770. The Bertz CT molecular complexity index is 336.